The van der Waals surface area contributed by atoms with Gasteiger partial charge in [-0.2, -0.15) is 0 Å². The Hall–Kier alpha value is -4.08. The lowest BCUT2D eigenvalue weighted by Gasteiger charge is -2.08. The van der Waals surface area contributed by atoms with Crippen molar-refractivity contribution < 1.29 is 33.4 Å². The van der Waals surface area contributed by atoms with E-state index < -0.39 is 10.9 Å². The molecule has 1 aliphatic rings. The van der Waals surface area contributed by atoms with Crippen LogP contribution in [-0.2, 0) is 9.53 Å². The van der Waals surface area contributed by atoms with Crippen LogP contribution in [0.25, 0.3) is 6.08 Å². The van der Waals surface area contributed by atoms with E-state index in [0.29, 0.717) is 17.1 Å². The van der Waals surface area contributed by atoms with E-state index in [9.17, 15) is 14.9 Å². The maximum atomic E-state index is 12.3. The van der Waals surface area contributed by atoms with E-state index in [2.05, 4.69) is 4.99 Å². The summed E-state index contributed by atoms with van der Waals surface area (Å²) in [4.78, 5) is 27.4. The van der Waals surface area contributed by atoms with Crippen molar-refractivity contribution in [2.75, 3.05) is 28.4 Å². The minimum Gasteiger partial charge on any atom is -0.497 e. The standard InChI is InChI=1S/C20H18N2O8/c1-26-13-5-12(6-14(9-13)27-2)19-21-15(20(23)30-19)7-11-8-17(28-3)18(29-4)10-16(11)22(24)25/h5-10H,1-4H3/b15-7+. The van der Waals surface area contributed by atoms with Crippen molar-refractivity contribution in [1.29, 1.82) is 0 Å². The van der Waals surface area contributed by atoms with Gasteiger partial charge in [0.25, 0.3) is 5.69 Å². The minimum absolute atomic E-state index is 0.0200. The van der Waals surface area contributed by atoms with Crippen molar-refractivity contribution in [3.05, 3.63) is 57.3 Å². The first-order valence-electron chi connectivity index (χ1n) is 8.56. The smallest absolute Gasteiger partial charge is 0.363 e. The first-order chi connectivity index (χ1) is 14.4. The summed E-state index contributed by atoms with van der Waals surface area (Å²) in [6, 6.07) is 7.50. The molecule has 0 amide bonds. The molecule has 3 rings (SSSR count). The number of rotatable bonds is 7. The molecule has 0 N–H and O–H groups in total. The molecule has 0 radical (unpaired) electrons. The van der Waals surface area contributed by atoms with Gasteiger partial charge in [-0.1, -0.05) is 0 Å². The van der Waals surface area contributed by atoms with Crippen LogP contribution in [-0.4, -0.2) is 45.2 Å². The highest BCUT2D eigenvalue weighted by Gasteiger charge is 2.27. The van der Waals surface area contributed by atoms with Crippen LogP contribution in [0.5, 0.6) is 23.0 Å². The Morgan fingerprint density at radius 1 is 0.933 bits per heavy atom. The average molecular weight is 414 g/mol. The molecule has 0 fully saturated rings. The summed E-state index contributed by atoms with van der Waals surface area (Å²) in [5, 5.41) is 11.5. The number of hydrogen-bond acceptors (Lipinski definition) is 9. The van der Waals surface area contributed by atoms with Crippen LogP contribution in [0.1, 0.15) is 11.1 Å². The summed E-state index contributed by atoms with van der Waals surface area (Å²) >= 11 is 0. The SMILES string of the molecule is COc1cc(OC)cc(C2=N/C(=C/c3cc(OC)c(OC)cc3[N+](=O)[O-])C(=O)O2)c1. The van der Waals surface area contributed by atoms with E-state index in [0.717, 1.165) is 0 Å². The molecule has 1 aliphatic heterocycles. The number of nitro groups is 1. The number of carbonyl (C=O) groups is 1. The molecule has 156 valence electrons. The van der Waals surface area contributed by atoms with E-state index in [-0.39, 0.29) is 34.3 Å². The Morgan fingerprint density at radius 2 is 1.53 bits per heavy atom. The van der Waals surface area contributed by atoms with Crippen molar-refractivity contribution in [3.8, 4) is 23.0 Å². The van der Waals surface area contributed by atoms with Crippen molar-refractivity contribution in [2.24, 2.45) is 4.99 Å². The highest BCUT2D eigenvalue weighted by Crippen LogP contribution is 2.36. The fourth-order valence-electron chi connectivity index (χ4n) is 2.77. The van der Waals surface area contributed by atoms with E-state index >= 15 is 0 Å². The summed E-state index contributed by atoms with van der Waals surface area (Å²) in [6.45, 7) is 0. The van der Waals surface area contributed by atoms with Crippen LogP contribution in [0, 0.1) is 10.1 Å². The van der Waals surface area contributed by atoms with E-state index in [1.54, 1.807) is 18.2 Å². The molecule has 30 heavy (non-hydrogen) atoms. The largest absolute Gasteiger partial charge is 0.497 e. The minimum atomic E-state index is -0.754. The monoisotopic (exact) mass is 414 g/mol. The Morgan fingerprint density at radius 3 is 2.07 bits per heavy atom. The maximum Gasteiger partial charge on any atom is 0.363 e. The molecule has 10 nitrogen and oxygen atoms in total. The normalized spacial score (nSPS) is 14.2. The van der Waals surface area contributed by atoms with Crippen LogP contribution in [0.3, 0.4) is 0 Å². The number of hydrogen-bond donors (Lipinski definition) is 0. The molecule has 0 bridgehead atoms. The third-order valence-electron chi connectivity index (χ3n) is 4.24. The van der Waals surface area contributed by atoms with Gasteiger partial charge in [0.05, 0.1) is 45.0 Å². The lowest BCUT2D eigenvalue weighted by Crippen LogP contribution is -2.06. The number of nitro benzene ring substituents is 1. The van der Waals surface area contributed by atoms with Gasteiger partial charge in [0.15, 0.2) is 17.2 Å². The Kier molecular flexibility index (Phi) is 5.86. The van der Waals surface area contributed by atoms with Crippen LogP contribution in [0.2, 0.25) is 0 Å². The van der Waals surface area contributed by atoms with E-state index in [1.807, 2.05) is 0 Å². The maximum absolute atomic E-state index is 12.3. The molecule has 0 atom stereocenters. The predicted octanol–water partition coefficient (Wildman–Crippen LogP) is 2.97. The first kappa shape index (κ1) is 20.6. The van der Waals surface area contributed by atoms with Crippen molar-refractivity contribution in [3.63, 3.8) is 0 Å². The number of nitrogens with zero attached hydrogens (tertiary/aromatic N) is 2. The molecule has 10 heteroatoms. The number of carbonyl (C=O) groups excluding carboxylic acids is 1. The van der Waals surface area contributed by atoms with Crippen molar-refractivity contribution in [2.45, 2.75) is 0 Å². The zero-order valence-corrected chi connectivity index (χ0v) is 16.6. The number of methoxy groups -OCH3 is 4. The van der Waals surface area contributed by atoms with Crippen LogP contribution in [0.15, 0.2) is 41.0 Å². The first-order valence-corrected chi connectivity index (χ1v) is 8.56. The Labute approximate surface area is 171 Å². The second kappa shape index (κ2) is 8.52. The molecule has 0 spiro atoms. The van der Waals surface area contributed by atoms with Gasteiger partial charge in [0, 0.05) is 11.6 Å². The third kappa shape index (κ3) is 4.02. The van der Waals surface area contributed by atoms with Gasteiger partial charge in [-0.05, 0) is 24.3 Å². The van der Waals surface area contributed by atoms with Crippen molar-refractivity contribution in [1.82, 2.24) is 0 Å². The second-order valence-corrected chi connectivity index (χ2v) is 5.96. The molecule has 0 saturated carbocycles. The molecule has 1 heterocycles. The van der Waals surface area contributed by atoms with Crippen LogP contribution >= 0.6 is 0 Å². The lowest BCUT2D eigenvalue weighted by atomic mass is 10.1. The average Bonchev–Trinajstić information content (AvgIpc) is 3.12. The molecule has 0 aromatic heterocycles. The van der Waals surface area contributed by atoms with E-state index in [4.69, 9.17) is 23.7 Å². The van der Waals surface area contributed by atoms with Crippen molar-refractivity contribution >= 4 is 23.6 Å². The molecule has 0 saturated heterocycles. The zero-order valence-electron chi connectivity index (χ0n) is 16.6. The zero-order chi connectivity index (χ0) is 21.8. The van der Waals surface area contributed by atoms with Gasteiger partial charge in [0.1, 0.15) is 11.5 Å². The van der Waals surface area contributed by atoms with Crippen LogP contribution in [0.4, 0.5) is 5.69 Å². The number of aliphatic imine (C=N–C) groups is 1. The molecule has 2 aromatic carbocycles. The number of cyclic esters (lactones) is 1. The number of ether oxygens (including phenoxy) is 5. The third-order valence-corrected chi connectivity index (χ3v) is 4.24. The highest BCUT2D eigenvalue weighted by atomic mass is 16.6. The summed E-state index contributed by atoms with van der Waals surface area (Å²) in [6.07, 6.45) is 1.26. The second-order valence-electron chi connectivity index (χ2n) is 5.96. The lowest BCUT2D eigenvalue weighted by molar-refractivity contribution is -0.385. The Bertz CT molecular complexity index is 1050. The van der Waals surface area contributed by atoms with Gasteiger partial charge in [-0.25, -0.2) is 9.79 Å². The van der Waals surface area contributed by atoms with E-state index in [1.165, 1.54) is 46.6 Å². The fourth-order valence-corrected chi connectivity index (χ4v) is 2.77. The molecular formula is C20H18N2O8. The molecule has 0 aliphatic carbocycles. The number of esters is 1. The van der Waals surface area contributed by atoms with Gasteiger partial charge in [-0.3, -0.25) is 10.1 Å². The van der Waals surface area contributed by atoms with Gasteiger partial charge in [0.2, 0.25) is 5.90 Å². The number of benzene rings is 2. The fraction of sp³-hybridized carbons (Fsp3) is 0.200. The van der Waals surface area contributed by atoms with Gasteiger partial charge in [-0.15, -0.1) is 0 Å². The summed E-state index contributed by atoms with van der Waals surface area (Å²) < 4.78 is 25.9. The van der Waals surface area contributed by atoms with Crippen LogP contribution < -0.4 is 18.9 Å². The van der Waals surface area contributed by atoms with Gasteiger partial charge >= 0.3 is 5.97 Å². The summed E-state index contributed by atoms with van der Waals surface area (Å²) in [5.74, 6) is 0.686. The highest BCUT2D eigenvalue weighted by molar-refractivity contribution is 6.13. The predicted molar refractivity (Wildman–Crippen MR) is 106 cm³/mol. The van der Waals surface area contributed by atoms with Gasteiger partial charge < -0.3 is 23.7 Å². The molecule has 0 unspecified atom stereocenters. The molecular weight excluding hydrogens is 396 g/mol. The summed E-state index contributed by atoms with van der Waals surface area (Å²) in [7, 11) is 5.75. The quantitative estimate of drug-likeness (QED) is 0.294. The summed E-state index contributed by atoms with van der Waals surface area (Å²) in [5.41, 5.74) is 0.171. The molecule has 2 aromatic rings. The Balaban J connectivity index is 2.08. The topological polar surface area (TPSA) is 119 Å².